The van der Waals surface area contributed by atoms with Crippen LogP contribution in [0.15, 0.2) is 42.5 Å². The highest BCUT2D eigenvalue weighted by Crippen LogP contribution is 2.19. The minimum atomic E-state index is -3.90. The molecule has 0 aliphatic rings. The minimum absolute atomic E-state index is 0.196. The Balaban J connectivity index is 1.96. The molecule has 0 radical (unpaired) electrons. The predicted molar refractivity (Wildman–Crippen MR) is 97.8 cm³/mol. The summed E-state index contributed by atoms with van der Waals surface area (Å²) < 4.78 is 53.4. The molecule has 144 valence electrons. The third-order valence-electron chi connectivity index (χ3n) is 3.28. The summed E-state index contributed by atoms with van der Waals surface area (Å²) in [7, 11) is -3.90. The van der Waals surface area contributed by atoms with E-state index in [9.17, 15) is 26.8 Å². The summed E-state index contributed by atoms with van der Waals surface area (Å²) in [6, 6.07) is 9.08. The zero-order valence-electron chi connectivity index (χ0n) is 14.3. The second-order valence-corrected chi connectivity index (χ2v) is 7.42. The fourth-order valence-electron chi connectivity index (χ4n) is 2.14. The summed E-state index contributed by atoms with van der Waals surface area (Å²) >= 11 is 0. The van der Waals surface area contributed by atoms with E-state index in [0.717, 1.165) is 18.2 Å². The normalized spacial score (nSPS) is 10.9. The van der Waals surface area contributed by atoms with E-state index in [1.165, 1.54) is 25.1 Å². The molecule has 2 amide bonds. The van der Waals surface area contributed by atoms with E-state index >= 15 is 0 Å². The number of benzene rings is 2. The maximum absolute atomic E-state index is 13.5. The zero-order valence-corrected chi connectivity index (χ0v) is 15.1. The van der Waals surface area contributed by atoms with Crippen molar-refractivity contribution in [2.24, 2.45) is 0 Å². The number of rotatable bonds is 7. The van der Waals surface area contributed by atoms with Crippen molar-refractivity contribution < 1.29 is 26.8 Å². The number of hydrogen-bond donors (Lipinski definition) is 3. The molecule has 2 aromatic rings. The number of halogens is 2. The molecule has 7 nitrogen and oxygen atoms in total. The lowest BCUT2D eigenvalue weighted by Gasteiger charge is -2.10. The molecular weight excluding hydrogens is 380 g/mol. The molecular formula is C17H17F2N3O4S. The molecule has 27 heavy (non-hydrogen) atoms. The van der Waals surface area contributed by atoms with E-state index in [2.05, 4.69) is 10.0 Å². The van der Waals surface area contributed by atoms with Gasteiger partial charge in [0.25, 0.3) is 0 Å². The van der Waals surface area contributed by atoms with Gasteiger partial charge < -0.3 is 10.6 Å². The third-order valence-corrected chi connectivity index (χ3v) is 4.57. The van der Waals surface area contributed by atoms with Gasteiger partial charge in [0.05, 0.1) is 11.4 Å². The van der Waals surface area contributed by atoms with Gasteiger partial charge in [0.1, 0.15) is 17.3 Å². The fraction of sp³-hybridized carbons (Fsp3) is 0.176. The maximum atomic E-state index is 13.5. The number of nitrogens with one attached hydrogen (secondary N) is 3. The molecule has 0 fully saturated rings. The number of carbonyl (C=O) groups excluding carboxylic acids is 2. The van der Waals surface area contributed by atoms with E-state index in [0.29, 0.717) is 5.69 Å². The number of amides is 2. The van der Waals surface area contributed by atoms with Crippen molar-refractivity contribution in [1.82, 2.24) is 0 Å². The van der Waals surface area contributed by atoms with Gasteiger partial charge >= 0.3 is 0 Å². The van der Waals surface area contributed by atoms with Crippen LogP contribution in [0.25, 0.3) is 0 Å². The number of sulfonamides is 1. The van der Waals surface area contributed by atoms with Gasteiger partial charge in [-0.05, 0) is 30.3 Å². The Morgan fingerprint density at radius 3 is 2.19 bits per heavy atom. The zero-order chi connectivity index (χ0) is 20.0. The van der Waals surface area contributed by atoms with E-state index in [1.807, 2.05) is 5.32 Å². The highest BCUT2D eigenvalue weighted by molar-refractivity contribution is 7.92. The Morgan fingerprint density at radius 1 is 0.963 bits per heavy atom. The molecule has 0 aliphatic heterocycles. The number of para-hydroxylation sites is 1. The fourth-order valence-corrected chi connectivity index (χ4v) is 3.18. The van der Waals surface area contributed by atoms with Crippen molar-refractivity contribution in [2.45, 2.75) is 13.3 Å². The minimum Gasteiger partial charge on any atom is -0.326 e. The van der Waals surface area contributed by atoms with Crippen LogP contribution in [0.3, 0.4) is 0 Å². The first-order valence-corrected chi connectivity index (χ1v) is 9.43. The highest BCUT2D eigenvalue weighted by atomic mass is 32.2. The summed E-state index contributed by atoms with van der Waals surface area (Å²) in [5, 5.41) is 4.53. The number of anilines is 3. The predicted octanol–water partition coefficient (Wildman–Crippen LogP) is 2.69. The van der Waals surface area contributed by atoms with Crippen LogP contribution in [0.2, 0.25) is 0 Å². The van der Waals surface area contributed by atoms with Crippen LogP contribution >= 0.6 is 0 Å². The molecule has 0 bridgehead atoms. The Kier molecular flexibility index (Phi) is 6.45. The average Bonchev–Trinajstić information content (AvgIpc) is 2.56. The summed E-state index contributed by atoms with van der Waals surface area (Å²) in [4.78, 5) is 22.8. The Morgan fingerprint density at radius 2 is 1.56 bits per heavy atom. The lowest BCUT2D eigenvalue weighted by Crippen LogP contribution is -2.22. The van der Waals surface area contributed by atoms with E-state index in [4.69, 9.17) is 0 Å². The van der Waals surface area contributed by atoms with Crippen LogP contribution in [-0.2, 0) is 19.6 Å². The quantitative estimate of drug-likeness (QED) is 0.668. The molecule has 0 aliphatic carbocycles. The topological polar surface area (TPSA) is 104 Å². The third kappa shape index (κ3) is 6.33. The van der Waals surface area contributed by atoms with Crippen molar-refractivity contribution >= 4 is 38.9 Å². The Bertz CT molecular complexity index is 944. The molecule has 10 heteroatoms. The van der Waals surface area contributed by atoms with Gasteiger partial charge in [0.2, 0.25) is 21.8 Å². The van der Waals surface area contributed by atoms with E-state index in [-0.39, 0.29) is 11.6 Å². The molecule has 0 unspecified atom stereocenters. The lowest BCUT2D eigenvalue weighted by atomic mass is 10.3. The molecule has 0 spiro atoms. The molecule has 0 heterocycles. The van der Waals surface area contributed by atoms with Gasteiger partial charge in [-0.2, -0.15) is 0 Å². The number of hydrogen-bond acceptors (Lipinski definition) is 4. The summed E-state index contributed by atoms with van der Waals surface area (Å²) in [5.41, 5.74) is -0.0341. The van der Waals surface area contributed by atoms with Crippen molar-refractivity contribution in [2.75, 3.05) is 21.1 Å². The second-order valence-electron chi connectivity index (χ2n) is 5.58. The molecule has 0 saturated heterocycles. The van der Waals surface area contributed by atoms with Gasteiger partial charge in [0, 0.05) is 19.0 Å². The van der Waals surface area contributed by atoms with E-state index < -0.39 is 45.4 Å². The SMILES string of the molecule is CC(=O)Nc1cccc(NS(=O)(=O)CCC(=O)Nc2c(F)cccc2F)c1. The van der Waals surface area contributed by atoms with Gasteiger partial charge in [-0.1, -0.05) is 12.1 Å². The largest absolute Gasteiger partial charge is 0.326 e. The van der Waals surface area contributed by atoms with Crippen LogP contribution in [-0.4, -0.2) is 26.0 Å². The van der Waals surface area contributed by atoms with Crippen molar-refractivity contribution in [3.05, 3.63) is 54.1 Å². The standard InChI is InChI=1S/C17H17F2N3O4S/c1-11(23)20-12-4-2-5-13(10-12)22-27(25,26)9-8-16(24)21-17-14(18)6-3-7-15(17)19/h2-7,10,22H,8-9H2,1H3,(H,20,23)(H,21,24). The van der Waals surface area contributed by atoms with Crippen LogP contribution in [0.4, 0.5) is 25.8 Å². The van der Waals surface area contributed by atoms with Crippen LogP contribution in [0.1, 0.15) is 13.3 Å². The van der Waals surface area contributed by atoms with Gasteiger partial charge in [0.15, 0.2) is 0 Å². The van der Waals surface area contributed by atoms with Crippen LogP contribution in [0.5, 0.6) is 0 Å². The van der Waals surface area contributed by atoms with Gasteiger partial charge in [-0.25, -0.2) is 17.2 Å². The molecule has 2 rings (SSSR count). The molecule has 0 atom stereocenters. The maximum Gasteiger partial charge on any atom is 0.233 e. The van der Waals surface area contributed by atoms with Crippen molar-refractivity contribution in [3.8, 4) is 0 Å². The second kappa shape index (κ2) is 8.58. The summed E-state index contributed by atoms with van der Waals surface area (Å²) in [5.74, 6) is -3.68. The van der Waals surface area contributed by atoms with Crippen molar-refractivity contribution in [3.63, 3.8) is 0 Å². The smallest absolute Gasteiger partial charge is 0.233 e. The number of carbonyl (C=O) groups is 2. The van der Waals surface area contributed by atoms with Crippen LogP contribution < -0.4 is 15.4 Å². The molecule has 2 aromatic carbocycles. The molecule has 0 aromatic heterocycles. The van der Waals surface area contributed by atoms with E-state index in [1.54, 1.807) is 6.07 Å². The first-order chi connectivity index (χ1) is 12.7. The van der Waals surface area contributed by atoms with Gasteiger partial charge in [-0.3, -0.25) is 14.3 Å². The first kappa shape index (κ1) is 20.3. The lowest BCUT2D eigenvalue weighted by molar-refractivity contribution is -0.116. The highest BCUT2D eigenvalue weighted by Gasteiger charge is 2.16. The summed E-state index contributed by atoms with van der Waals surface area (Å²) in [6.45, 7) is 1.31. The van der Waals surface area contributed by atoms with Crippen molar-refractivity contribution in [1.29, 1.82) is 0 Å². The Hall–Kier alpha value is -3.01. The van der Waals surface area contributed by atoms with Gasteiger partial charge in [-0.15, -0.1) is 0 Å². The molecule has 0 saturated carbocycles. The monoisotopic (exact) mass is 397 g/mol. The molecule has 3 N–H and O–H groups in total. The van der Waals surface area contributed by atoms with Crippen LogP contribution in [0, 0.1) is 11.6 Å². The summed E-state index contributed by atoms with van der Waals surface area (Å²) in [6.07, 6.45) is -0.505. The first-order valence-electron chi connectivity index (χ1n) is 7.78. The average molecular weight is 397 g/mol. The Labute approximate surface area is 154 Å².